The Morgan fingerprint density at radius 1 is 1.31 bits per heavy atom. The molecule has 2 atom stereocenters. The summed E-state index contributed by atoms with van der Waals surface area (Å²) < 4.78 is 7.89. The van der Waals surface area contributed by atoms with E-state index in [1.807, 2.05) is 24.8 Å². The molecule has 5 rings (SSSR count). The lowest BCUT2D eigenvalue weighted by atomic mass is 9.80. The van der Waals surface area contributed by atoms with Gasteiger partial charge in [-0.1, -0.05) is 6.42 Å². The number of aryl methyl sites for hydroxylation is 2. The number of amides is 1. The van der Waals surface area contributed by atoms with Crippen molar-refractivity contribution in [1.82, 2.24) is 24.9 Å². The second-order valence-corrected chi connectivity index (χ2v) is 8.32. The van der Waals surface area contributed by atoms with Crippen molar-refractivity contribution in [3.63, 3.8) is 0 Å². The quantitative estimate of drug-likeness (QED) is 0.841. The van der Waals surface area contributed by atoms with Crippen molar-refractivity contribution in [3.8, 4) is 0 Å². The third kappa shape index (κ3) is 2.47. The SMILES string of the molecule is Cc1cc(C)n(CC(=O)N2C[C@@H]3CCC[C@]3(c3nnc(C4CC4)o3)C2)n1. The monoisotopic (exact) mass is 355 g/mol. The van der Waals surface area contributed by atoms with Crippen molar-refractivity contribution < 1.29 is 9.21 Å². The molecule has 3 aliphatic rings. The van der Waals surface area contributed by atoms with Crippen LogP contribution >= 0.6 is 0 Å². The van der Waals surface area contributed by atoms with Gasteiger partial charge in [-0.2, -0.15) is 5.10 Å². The van der Waals surface area contributed by atoms with Crippen LogP contribution in [-0.2, 0) is 16.8 Å². The number of hydrogen-bond donors (Lipinski definition) is 0. The van der Waals surface area contributed by atoms with Gasteiger partial charge in [-0.15, -0.1) is 10.2 Å². The summed E-state index contributed by atoms with van der Waals surface area (Å²) in [4.78, 5) is 14.9. The number of fused-ring (bicyclic) bond motifs is 1. The third-order valence-corrected chi connectivity index (χ3v) is 6.40. The Morgan fingerprint density at radius 3 is 2.88 bits per heavy atom. The van der Waals surface area contributed by atoms with Gasteiger partial charge in [0.05, 0.1) is 11.1 Å². The average Bonchev–Trinajstić information content (AvgIpc) is 2.95. The standard InChI is InChI=1S/C19H25N5O2/c1-12-8-13(2)24(22-12)10-16(25)23-9-15-4-3-7-19(15,11-23)18-21-20-17(26-18)14-5-6-14/h8,14-15H,3-7,9-11H2,1-2H3/t15-,19-/m0/s1. The fraction of sp³-hybridized carbons (Fsp3) is 0.684. The highest BCUT2D eigenvalue weighted by molar-refractivity contribution is 5.76. The molecular weight excluding hydrogens is 330 g/mol. The Morgan fingerprint density at radius 2 is 2.15 bits per heavy atom. The van der Waals surface area contributed by atoms with E-state index in [1.165, 1.54) is 6.42 Å². The molecule has 0 bridgehead atoms. The van der Waals surface area contributed by atoms with Gasteiger partial charge in [0, 0.05) is 24.7 Å². The lowest BCUT2D eigenvalue weighted by molar-refractivity contribution is -0.131. The van der Waals surface area contributed by atoms with Crippen molar-refractivity contribution in [2.24, 2.45) is 5.92 Å². The highest BCUT2D eigenvalue weighted by atomic mass is 16.4. The molecule has 0 spiro atoms. The van der Waals surface area contributed by atoms with Crippen LogP contribution in [-0.4, -0.2) is 43.9 Å². The Labute approximate surface area is 152 Å². The third-order valence-electron chi connectivity index (χ3n) is 6.40. The predicted octanol–water partition coefficient (Wildman–Crippen LogP) is 2.34. The van der Waals surface area contributed by atoms with E-state index in [9.17, 15) is 4.79 Å². The summed E-state index contributed by atoms with van der Waals surface area (Å²) in [5.41, 5.74) is 1.84. The average molecular weight is 355 g/mol. The molecule has 2 aliphatic carbocycles. The summed E-state index contributed by atoms with van der Waals surface area (Å²) in [5, 5.41) is 13.1. The zero-order chi connectivity index (χ0) is 17.9. The number of hydrogen-bond acceptors (Lipinski definition) is 5. The zero-order valence-corrected chi connectivity index (χ0v) is 15.4. The Bertz CT molecular complexity index is 852. The summed E-state index contributed by atoms with van der Waals surface area (Å²) in [6.45, 7) is 5.74. The predicted molar refractivity (Wildman–Crippen MR) is 93.6 cm³/mol. The molecule has 0 radical (unpaired) electrons. The molecule has 3 heterocycles. The molecule has 7 nitrogen and oxygen atoms in total. The van der Waals surface area contributed by atoms with Crippen molar-refractivity contribution in [3.05, 3.63) is 29.2 Å². The van der Waals surface area contributed by atoms with E-state index in [1.54, 1.807) is 4.68 Å². The smallest absolute Gasteiger partial charge is 0.244 e. The first-order chi connectivity index (χ1) is 12.5. The summed E-state index contributed by atoms with van der Waals surface area (Å²) in [7, 11) is 0. The summed E-state index contributed by atoms with van der Waals surface area (Å²) in [6, 6.07) is 2.01. The molecule has 3 fully saturated rings. The van der Waals surface area contributed by atoms with Gasteiger partial charge in [-0.25, -0.2) is 0 Å². The van der Waals surface area contributed by atoms with E-state index >= 15 is 0 Å². The van der Waals surface area contributed by atoms with E-state index < -0.39 is 0 Å². The summed E-state index contributed by atoms with van der Waals surface area (Å²) in [6.07, 6.45) is 5.65. The number of rotatable bonds is 4. The zero-order valence-electron chi connectivity index (χ0n) is 15.4. The topological polar surface area (TPSA) is 77.0 Å². The molecule has 26 heavy (non-hydrogen) atoms. The van der Waals surface area contributed by atoms with Gasteiger partial charge in [0.25, 0.3) is 0 Å². The first-order valence-corrected chi connectivity index (χ1v) is 9.68. The molecule has 7 heteroatoms. The second-order valence-electron chi connectivity index (χ2n) is 8.32. The van der Waals surface area contributed by atoms with Crippen molar-refractivity contribution in [2.45, 2.75) is 63.8 Å². The van der Waals surface area contributed by atoms with Crippen molar-refractivity contribution in [2.75, 3.05) is 13.1 Å². The lowest BCUT2D eigenvalue weighted by Gasteiger charge is -2.24. The van der Waals surface area contributed by atoms with Gasteiger partial charge >= 0.3 is 0 Å². The van der Waals surface area contributed by atoms with Gasteiger partial charge in [0.2, 0.25) is 17.7 Å². The van der Waals surface area contributed by atoms with Crippen LogP contribution in [0.25, 0.3) is 0 Å². The highest BCUT2D eigenvalue weighted by Gasteiger charge is 2.55. The van der Waals surface area contributed by atoms with E-state index in [0.717, 1.165) is 55.4 Å². The van der Waals surface area contributed by atoms with Crippen LogP contribution in [0.15, 0.2) is 10.5 Å². The van der Waals surface area contributed by atoms with Gasteiger partial charge < -0.3 is 9.32 Å². The number of nitrogens with zero attached hydrogens (tertiary/aromatic N) is 5. The molecular formula is C19H25N5O2. The van der Waals surface area contributed by atoms with Crippen LogP contribution < -0.4 is 0 Å². The largest absolute Gasteiger partial charge is 0.424 e. The van der Waals surface area contributed by atoms with Gasteiger partial charge in [-0.05, 0) is 51.5 Å². The maximum atomic E-state index is 12.9. The molecule has 2 saturated carbocycles. The van der Waals surface area contributed by atoms with Crippen molar-refractivity contribution in [1.29, 1.82) is 0 Å². The van der Waals surface area contributed by atoms with Crippen LogP contribution in [0.3, 0.4) is 0 Å². The minimum Gasteiger partial charge on any atom is -0.424 e. The summed E-state index contributed by atoms with van der Waals surface area (Å²) in [5.74, 6) is 2.60. The van der Waals surface area contributed by atoms with Gasteiger partial charge in [0.15, 0.2) is 0 Å². The fourth-order valence-corrected chi connectivity index (χ4v) is 4.82. The van der Waals surface area contributed by atoms with E-state index in [0.29, 0.717) is 24.9 Å². The number of aromatic nitrogens is 4. The lowest BCUT2D eigenvalue weighted by Crippen LogP contribution is -2.36. The van der Waals surface area contributed by atoms with Crippen LogP contribution in [0, 0.1) is 19.8 Å². The summed E-state index contributed by atoms with van der Waals surface area (Å²) >= 11 is 0. The number of carbonyl (C=O) groups excluding carboxylic acids is 1. The molecule has 1 amide bonds. The minimum atomic E-state index is -0.134. The molecule has 0 unspecified atom stereocenters. The Kier molecular flexibility index (Phi) is 3.49. The molecule has 2 aromatic rings. The molecule has 138 valence electrons. The maximum Gasteiger partial charge on any atom is 0.244 e. The molecule has 1 saturated heterocycles. The fourth-order valence-electron chi connectivity index (χ4n) is 4.82. The van der Waals surface area contributed by atoms with Crippen molar-refractivity contribution >= 4 is 5.91 Å². The molecule has 2 aromatic heterocycles. The van der Waals surface area contributed by atoms with Crippen LogP contribution in [0.1, 0.15) is 61.2 Å². The van der Waals surface area contributed by atoms with E-state index in [4.69, 9.17) is 4.42 Å². The normalized spacial score (nSPS) is 27.9. The minimum absolute atomic E-state index is 0.131. The van der Waals surface area contributed by atoms with Gasteiger partial charge in [-0.3, -0.25) is 9.48 Å². The second kappa shape index (κ2) is 5.66. The molecule has 0 N–H and O–H groups in total. The highest BCUT2D eigenvalue weighted by Crippen LogP contribution is 2.51. The van der Waals surface area contributed by atoms with Crippen LogP contribution in [0.2, 0.25) is 0 Å². The Hall–Kier alpha value is -2.18. The number of likely N-dealkylation sites (tertiary alicyclic amines) is 1. The van der Waals surface area contributed by atoms with Crippen LogP contribution in [0.4, 0.5) is 0 Å². The number of carbonyl (C=O) groups is 1. The van der Waals surface area contributed by atoms with Crippen LogP contribution in [0.5, 0.6) is 0 Å². The van der Waals surface area contributed by atoms with E-state index in [2.05, 4.69) is 15.3 Å². The maximum absolute atomic E-state index is 12.9. The van der Waals surface area contributed by atoms with E-state index in [-0.39, 0.29) is 11.3 Å². The van der Waals surface area contributed by atoms with Gasteiger partial charge in [0.1, 0.15) is 6.54 Å². The first kappa shape index (κ1) is 16.0. The Balaban J connectivity index is 1.36. The first-order valence-electron chi connectivity index (χ1n) is 9.68. The molecule has 1 aliphatic heterocycles. The molecule has 0 aromatic carbocycles.